The van der Waals surface area contributed by atoms with Crippen LogP contribution >= 0.6 is 0 Å². The van der Waals surface area contributed by atoms with Gasteiger partial charge in [0, 0.05) is 0 Å². The fraction of sp³-hybridized carbons (Fsp3) is 1.00. The first-order chi connectivity index (χ1) is 4.92. The van der Waals surface area contributed by atoms with Crippen LogP contribution in [-0.2, 0) is 4.74 Å². The molecule has 1 aliphatic rings. The standard InChI is InChI=1S/C10H20O/c1-7-6-10(4,5)11-9(3)8(7)2/h7-9H,6H2,1-5H3. The van der Waals surface area contributed by atoms with Crippen molar-refractivity contribution in [2.75, 3.05) is 0 Å². The van der Waals surface area contributed by atoms with Crippen molar-refractivity contribution >= 4 is 0 Å². The van der Waals surface area contributed by atoms with E-state index in [0.29, 0.717) is 12.0 Å². The molecule has 1 rings (SSSR count). The molecule has 0 spiro atoms. The van der Waals surface area contributed by atoms with Gasteiger partial charge >= 0.3 is 0 Å². The molecule has 1 nitrogen and oxygen atoms in total. The van der Waals surface area contributed by atoms with E-state index < -0.39 is 0 Å². The summed E-state index contributed by atoms with van der Waals surface area (Å²) in [7, 11) is 0. The normalized spacial score (nSPS) is 43.9. The van der Waals surface area contributed by atoms with E-state index in [9.17, 15) is 0 Å². The summed E-state index contributed by atoms with van der Waals surface area (Å²) in [4.78, 5) is 0. The summed E-state index contributed by atoms with van der Waals surface area (Å²) in [6, 6.07) is 0. The van der Waals surface area contributed by atoms with Crippen LogP contribution in [0.1, 0.15) is 41.0 Å². The van der Waals surface area contributed by atoms with Crippen LogP contribution in [0.25, 0.3) is 0 Å². The lowest BCUT2D eigenvalue weighted by atomic mass is 9.80. The van der Waals surface area contributed by atoms with Gasteiger partial charge in [0.15, 0.2) is 0 Å². The van der Waals surface area contributed by atoms with E-state index in [2.05, 4.69) is 34.6 Å². The topological polar surface area (TPSA) is 9.23 Å². The Bertz CT molecular complexity index is 126. The lowest BCUT2D eigenvalue weighted by Crippen LogP contribution is -2.42. The van der Waals surface area contributed by atoms with Gasteiger partial charge in [0.1, 0.15) is 0 Å². The van der Waals surface area contributed by atoms with Gasteiger partial charge in [0.05, 0.1) is 11.7 Å². The Labute approximate surface area is 70.1 Å². The van der Waals surface area contributed by atoms with E-state index in [0.717, 1.165) is 5.92 Å². The van der Waals surface area contributed by atoms with Gasteiger partial charge in [-0.2, -0.15) is 0 Å². The van der Waals surface area contributed by atoms with E-state index in [1.165, 1.54) is 6.42 Å². The molecule has 0 aromatic carbocycles. The van der Waals surface area contributed by atoms with E-state index in [-0.39, 0.29) is 5.60 Å². The van der Waals surface area contributed by atoms with Crippen LogP contribution in [0, 0.1) is 11.8 Å². The second kappa shape index (κ2) is 2.78. The van der Waals surface area contributed by atoms with Crippen molar-refractivity contribution < 1.29 is 4.74 Å². The Morgan fingerprint density at radius 1 is 1.18 bits per heavy atom. The van der Waals surface area contributed by atoms with E-state index >= 15 is 0 Å². The minimum atomic E-state index is 0.103. The number of rotatable bonds is 0. The number of ether oxygens (including phenoxy) is 1. The highest BCUT2D eigenvalue weighted by Crippen LogP contribution is 2.35. The monoisotopic (exact) mass is 156 g/mol. The Morgan fingerprint density at radius 2 is 1.73 bits per heavy atom. The molecule has 1 saturated heterocycles. The summed E-state index contributed by atoms with van der Waals surface area (Å²) < 4.78 is 5.86. The molecule has 0 aliphatic carbocycles. The summed E-state index contributed by atoms with van der Waals surface area (Å²) in [5.74, 6) is 1.51. The number of hydrogen-bond acceptors (Lipinski definition) is 1. The molecule has 0 amide bonds. The van der Waals surface area contributed by atoms with Crippen molar-refractivity contribution in [3.63, 3.8) is 0 Å². The van der Waals surface area contributed by atoms with Crippen LogP contribution in [-0.4, -0.2) is 11.7 Å². The van der Waals surface area contributed by atoms with Gasteiger partial charge in [0.2, 0.25) is 0 Å². The van der Waals surface area contributed by atoms with Gasteiger partial charge in [-0.1, -0.05) is 13.8 Å². The molecule has 1 heteroatoms. The zero-order valence-electron chi connectivity index (χ0n) is 8.35. The molecular weight excluding hydrogens is 136 g/mol. The summed E-state index contributed by atoms with van der Waals surface area (Å²) in [6.07, 6.45) is 1.62. The summed E-state index contributed by atoms with van der Waals surface area (Å²) in [6.45, 7) is 11.2. The average molecular weight is 156 g/mol. The van der Waals surface area contributed by atoms with Gasteiger partial charge in [0.25, 0.3) is 0 Å². The third kappa shape index (κ3) is 1.96. The maximum atomic E-state index is 5.86. The first-order valence-electron chi connectivity index (χ1n) is 4.60. The minimum absolute atomic E-state index is 0.103. The molecule has 0 bridgehead atoms. The maximum Gasteiger partial charge on any atom is 0.0632 e. The summed E-state index contributed by atoms with van der Waals surface area (Å²) in [5.41, 5.74) is 0.103. The molecule has 1 aliphatic heterocycles. The van der Waals surface area contributed by atoms with Crippen LogP contribution < -0.4 is 0 Å². The first-order valence-corrected chi connectivity index (χ1v) is 4.60. The van der Waals surface area contributed by atoms with Gasteiger partial charge in [-0.15, -0.1) is 0 Å². The SMILES string of the molecule is CC1CC(C)(C)OC(C)C1C. The van der Waals surface area contributed by atoms with Crippen molar-refractivity contribution in [1.29, 1.82) is 0 Å². The van der Waals surface area contributed by atoms with Crippen LogP contribution in [0.3, 0.4) is 0 Å². The molecule has 1 heterocycles. The average Bonchev–Trinajstić information content (AvgIpc) is 1.81. The molecule has 0 aromatic rings. The van der Waals surface area contributed by atoms with Crippen LogP contribution in [0.2, 0.25) is 0 Å². The third-order valence-corrected chi connectivity index (χ3v) is 2.96. The van der Waals surface area contributed by atoms with Crippen LogP contribution in [0.15, 0.2) is 0 Å². The molecule has 1 fully saturated rings. The zero-order valence-corrected chi connectivity index (χ0v) is 8.35. The summed E-state index contributed by atoms with van der Waals surface area (Å²) >= 11 is 0. The Balaban J connectivity index is 2.62. The predicted octanol–water partition coefficient (Wildman–Crippen LogP) is 2.85. The Kier molecular flexibility index (Phi) is 2.29. The van der Waals surface area contributed by atoms with Crippen molar-refractivity contribution in [1.82, 2.24) is 0 Å². The van der Waals surface area contributed by atoms with Crippen molar-refractivity contribution in [2.45, 2.75) is 52.7 Å². The van der Waals surface area contributed by atoms with Crippen molar-refractivity contribution in [3.8, 4) is 0 Å². The molecule has 0 saturated carbocycles. The summed E-state index contributed by atoms with van der Waals surface area (Å²) in [5, 5.41) is 0. The van der Waals surface area contributed by atoms with Gasteiger partial charge in [-0.05, 0) is 39.0 Å². The van der Waals surface area contributed by atoms with Crippen molar-refractivity contribution in [3.05, 3.63) is 0 Å². The van der Waals surface area contributed by atoms with E-state index in [1.807, 2.05) is 0 Å². The first kappa shape index (κ1) is 9.05. The van der Waals surface area contributed by atoms with Crippen LogP contribution in [0.5, 0.6) is 0 Å². The van der Waals surface area contributed by atoms with E-state index in [1.54, 1.807) is 0 Å². The zero-order chi connectivity index (χ0) is 8.65. The second-order valence-corrected chi connectivity index (χ2v) is 4.62. The van der Waals surface area contributed by atoms with Gasteiger partial charge in [-0.3, -0.25) is 0 Å². The van der Waals surface area contributed by atoms with Gasteiger partial charge < -0.3 is 4.74 Å². The largest absolute Gasteiger partial charge is 0.372 e. The smallest absolute Gasteiger partial charge is 0.0632 e. The molecule has 3 unspecified atom stereocenters. The quantitative estimate of drug-likeness (QED) is 0.524. The van der Waals surface area contributed by atoms with Crippen molar-refractivity contribution in [2.24, 2.45) is 11.8 Å². The molecule has 11 heavy (non-hydrogen) atoms. The molecule has 0 radical (unpaired) electrons. The van der Waals surface area contributed by atoms with Crippen LogP contribution in [0.4, 0.5) is 0 Å². The Hall–Kier alpha value is -0.0400. The third-order valence-electron chi connectivity index (χ3n) is 2.96. The lowest BCUT2D eigenvalue weighted by Gasteiger charge is -2.42. The van der Waals surface area contributed by atoms with E-state index in [4.69, 9.17) is 4.74 Å². The predicted molar refractivity (Wildman–Crippen MR) is 47.6 cm³/mol. The molecule has 3 atom stereocenters. The highest BCUT2D eigenvalue weighted by molar-refractivity contribution is 4.83. The maximum absolute atomic E-state index is 5.86. The highest BCUT2D eigenvalue weighted by Gasteiger charge is 2.35. The molecule has 0 N–H and O–H groups in total. The van der Waals surface area contributed by atoms with Gasteiger partial charge in [-0.25, -0.2) is 0 Å². The fourth-order valence-corrected chi connectivity index (χ4v) is 2.08. The molecule has 0 aromatic heterocycles. The molecular formula is C10H20O. The highest BCUT2D eigenvalue weighted by atomic mass is 16.5. The Morgan fingerprint density at radius 3 is 2.18 bits per heavy atom. The number of hydrogen-bond donors (Lipinski definition) is 0. The lowest BCUT2D eigenvalue weighted by molar-refractivity contribution is -0.142. The molecule has 66 valence electrons. The fourth-order valence-electron chi connectivity index (χ4n) is 2.08. The minimum Gasteiger partial charge on any atom is -0.372 e. The second-order valence-electron chi connectivity index (χ2n) is 4.62.